The molecule has 4 N–H and O–H groups in total. The number of sulfonamides is 1. The van der Waals surface area contributed by atoms with Crippen molar-refractivity contribution in [1.82, 2.24) is 4.72 Å². The van der Waals surface area contributed by atoms with E-state index in [9.17, 15) is 8.42 Å². The maximum absolute atomic E-state index is 12.3. The zero-order chi connectivity index (χ0) is 15.4. The van der Waals surface area contributed by atoms with Crippen LogP contribution in [0.2, 0.25) is 5.02 Å². The molecule has 0 amide bonds. The Bertz CT molecular complexity index is 538. The smallest absolute Gasteiger partial charge is 0.244 e. The van der Waals surface area contributed by atoms with Gasteiger partial charge in [0.25, 0.3) is 0 Å². The van der Waals surface area contributed by atoms with Gasteiger partial charge in [-0.05, 0) is 30.4 Å². The third kappa shape index (κ3) is 4.63. The van der Waals surface area contributed by atoms with Crippen molar-refractivity contribution in [2.45, 2.75) is 31.6 Å². The molecule has 0 saturated heterocycles. The first-order chi connectivity index (χ1) is 9.19. The van der Waals surface area contributed by atoms with Gasteiger partial charge >= 0.3 is 0 Å². The molecule has 0 saturated carbocycles. The van der Waals surface area contributed by atoms with Crippen molar-refractivity contribution in [2.24, 2.45) is 5.41 Å². The highest BCUT2D eigenvalue weighted by molar-refractivity contribution is 7.89. The van der Waals surface area contributed by atoms with Gasteiger partial charge in [-0.25, -0.2) is 13.1 Å². The van der Waals surface area contributed by atoms with Crippen LogP contribution in [0.1, 0.15) is 26.7 Å². The topological polar surface area (TPSA) is 92.4 Å². The monoisotopic (exact) mass is 320 g/mol. The van der Waals surface area contributed by atoms with Crippen LogP contribution >= 0.6 is 11.6 Å². The summed E-state index contributed by atoms with van der Waals surface area (Å²) in [6.45, 7) is 4.20. The Hall–Kier alpha value is -0.820. The molecule has 0 aliphatic rings. The number of anilines is 1. The summed E-state index contributed by atoms with van der Waals surface area (Å²) in [4.78, 5) is -0.0837. The summed E-state index contributed by atoms with van der Waals surface area (Å²) in [5.41, 5.74) is 5.56. The summed E-state index contributed by atoms with van der Waals surface area (Å²) in [5.74, 6) is 0. The first-order valence-electron chi connectivity index (χ1n) is 6.34. The van der Waals surface area contributed by atoms with Crippen LogP contribution in [0.5, 0.6) is 0 Å². The molecular weight excluding hydrogens is 300 g/mol. The highest BCUT2D eigenvalue weighted by atomic mass is 35.5. The summed E-state index contributed by atoms with van der Waals surface area (Å²) < 4.78 is 27.1. The summed E-state index contributed by atoms with van der Waals surface area (Å²) in [5, 5.41) is 8.94. The van der Waals surface area contributed by atoms with Crippen molar-refractivity contribution in [3.63, 3.8) is 0 Å². The number of rotatable bonds is 7. The van der Waals surface area contributed by atoms with Crippen LogP contribution in [0.25, 0.3) is 0 Å². The van der Waals surface area contributed by atoms with E-state index in [1.54, 1.807) is 6.07 Å². The van der Waals surface area contributed by atoms with Crippen LogP contribution in [0, 0.1) is 5.41 Å². The molecule has 0 aliphatic heterocycles. The maximum atomic E-state index is 12.3. The Morgan fingerprint density at radius 3 is 2.60 bits per heavy atom. The normalized spacial score (nSPS) is 12.6. The van der Waals surface area contributed by atoms with Crippen LogP contribution in [0.3, 0.4) is 0 Å². The Morgan fingerprint density at radius 1 is 1.40 bits per heavy atom. The number of nitrogens with two attached hydrogens (primary N) is 1. The van der Waals surface area contributed by atoms with Gasteiger partial charge in [0.05, 0.1) is 10.7 Å². The Balaban J connectivity index is 2.86. The van der Waals surface area contributed by atoms with Gasteiger partial charge in [0, 0.05) is 13.2 Å². The molecule has 0 radical (unpaired) electrons. The van der Waals surface area contributed by atoms with Gasteiger partial charge in [-0.2, -0.15) is 0 Å². The highest BCUT2D eigenvalue weighted by Crippen LogP contribution is 2.28. The molecule has 1 aromatic carbocycles. The largest absolute Gasteiger partial charge is 0.398 e. The lowest BCUT2D eigenvalue weighted by molar-refractivity contribution is 0.242. The van der Waals surface area contributed by atoms with E-state index < -0.39 is 10.0 Å². The molecular formula is C13H21ClN2O3S. The number of benzene rings is 1. The van der Waals surface area contributed by atoms with Crippen molar-refractivity contribution in [1.29, 1.82) is 0 Å². The molecule has 0 aliphatic carbocycles. The van der Waals surface area contributed by atoms with Crippen molar-refractivity contribution < 1.29 is 13.5 Å². The zero-order valence-electron chi connectivity index (χ0n) is 11.7. The van der Waals surface area contributed by atoms with Crippen LogP contribution in [-0.4, -0.2) is 26.7 Å². The second-order valence-corrected chi connectivity index (χ2v) is 7.59. The van der Waals surface area contributed by atoms with Crippen molar-refractivity contribution in [2.75, 3.05) is 18.9 Å². The van der Waals surface area contributed by atoms with Gasteiger partial charge in [0.15, 0.2) is 0 Å². The molecule has 0 heterocycles. The van der Waals surface area contributed by atoms with Gasteiger partial charge in [-0.1, -0.05) is 31.5 Å². The number of nitrogens with one attached hydrogen (secondary N) is 1. The molecule has 0 bridgehead atoms. The number of aliphatic hydroxyl groups is 1. The van der Waals surface area contributed by atoms with Crippen LogP contribution in [0.15, 0.2) is 23.1 Å². The highest BCUT2D eigenvalue weighted by Gasteiger charge is 2.25. The Labute approximate surface area is 125 Å². The Kier molecular flexibility index (Phi) is 5.82. The van der Waals surface area contributed by atoms with Crippen molar-refractivity contribution in [3.05, 3.63) is 23.2 Å². The van der Waals surface area contributed by atoms with Gasteiger partial charge in [0.2, 0.25) is 10.0 Å². The van der Waals surface area contributed by atoms with Gasteiger partial charge in [-0.15, -0.1) is 0 Å². The lowest BCUT2D eigenvalue weighted by Crippen LogP contribution is -2.34. The summed E-state index contributed by atoms with van der Waals surface area (Å²) >= 11 is 5.92. The fourth-order valence-electron chi connectivity index (χ4n) is 1.82. The molecule has 0 fully saturated rings. The van der Waals surface area contributed by atoms with E-state index in [-0.39, 0.29) is 34.2 Å². The summed E-state index contributed by atoms with van der Waals surface area (Å²) in [6, 6.07) is 4.59. The van der Waals surface area contributed by atoms with Crippen LogP contribution in [0.4, 0.5) is 5.69 Å². The van der Waals surface area contributed by atoms with Crippen LogP contribution < -0.4 is 10.5 Å². The van der Waals surface area contributed by atoms with Crippen molar-refractivity contribution >= 4 is 27.3 Å². The predicted octanol–water partition coefficient (Wildman–Crippen LogP) is 2.00. The first-order valence-corrected chi connectivity index (χ1v) is 8.20. The molecule has 0 unspecified atom stereocenters. The molecule has 1 rings (SSSR count). The van der Waals surface area contributed by atoms with E-state index in [0.717, 1.165) is 0 Å². The molecule has 0 atom stereocenters. The fraction of sp³-hybridized carbons (Fsp3) is 0.538. The van der Waals surface area contributed by atoms with Gasteiger partial charge in [0.1, 0.15) is 4.90 Å². The van der Waals surface area contributed by atoms with Gasteiger partial charge in [-0.3, -0.25) is 0 Å². The predicted molar refractivity (Wildman–Crippen MR) is 81.2 cm³/mol. The average molecular weight is 321 g/mol. The Morgan fingerprint density at radius 2 is 2.05 bits per heavy atom. The molecule has 20 heavy (non-hydrogen) atoms. The number of hydrogen-bond acceptors (Lipinski definition) is 4. The van der Waals surface area contributed by atoms with E-state index in [1.807, 2.05) is 13.8 Å². The average Bonchev–Trinajstić information content (AvgIpc) is 2.34. The minimum atomic E-state index is -3.75. The van der Waals surface area contributed by atoms with Crippen molar-refractivity contribution in [3.8, 4) is 0 Å². The van der Waals surface area contributed by atoms with E-state index in [4.69, 9.17) is 22.4 Å². The van der Waals surface area contributed by atoms with E-state index in [0.29, 0.717) is 12.8 Å². The minimum absolute atomic E-state index is 0.0837. The number of nitrogen functional groups attached to an aromatic ring is 1. The SMILES string of the molecule is CC(C)(CCCO)CNS(=O)(=O)c1c(N)cccc1Cl. The quantitative estimate of drug-likeness (QED) is 0.670. The number of hydrogen-bond donors (Lipinski definition) is 3. The van der Waals surface area contributed by atoms with E-state index in [1.165, 1.54) is 12.1 Å². The second kappa shape index (κ2) is 6.76. The third-order valence-electron chi connectivity index (χ3n) is 3.02. The molecule has 0 aromatic heterocycles. The second-order valence-electron chi connectivity index (χ2n) is 5.47. The summed E-state index contributed by atoms with van der Waals surface area (Å²) in [6.07, 6.45) is 1.34. The first kappa shape index (κ1) is 17.2. The molecule has 0 spiro atoms. The molecule has 1 aromatic rings. The standard InChI is InChI=1S/C13H21ClN2O3S/c1-13(2,7-4-8-17)9-16-20(18,19)12-10(14)5-3-6-11(12)15/h3,5-6,16-17H,4,7-9,15H2,1-2H3. The van der Waals surface area contributed by atoms with E-state index >= 15 is 0 Å². The molecule has 5 nitrogen and oxygen atoms in total. The lowest BCUT2D eigenvalue weighted by Gasteiger charge is -2.24. The minimum Gasteiger partial charge on any atom is -0.398 e. The van der Waals surface area contributed by atoms with Gasteiger partial charge < -0.3 is 10.8 Å². The molecule has 114 valence electrons. The third-order valence-corrected chi connectivity index (χ3v) is 4.96. The lowest BCUT2D eigenvalue weighted by atomic mass is 9.88. The number of halogens is 1. The molecule has 7 heteroatoms. The zero-order valence-corrected chi connectivity index (χ0v) is 13.3. The van der Waals surface area contributed by atoms with Crippen LogP contribution in [-0.2, 0) is 10.0 Å². The number of aliphatic hydroxyl groups excluding tert-OH is 1. The summed E-state index contributed by atoms with van der Waals surface area (Å²) in [7, 11) is -3.75. The van der Waals surface area contributed by atoms with E-state index in [2.05, 4.69) is 4.72 Å². The fourth-order valence-corrected chi connectivity index (χ4v) is 3.73. The maximum Gasteiger partial charge on any atom is 0.244 e.